The molecule has 0 aliphatic carbocycles. The highest BCUT2D eigenvalue weighted by Crippen LogP contribution is 2.40. The van der Waals surface area contributed by atoms with Crippen LogP contribution in [0.15, 0.2) is 0 Å². The molecule has 2 aliphatic rings. The Morgan fingerprint density at radius 1 is 1.64 bits per heavy atom. The Labute approximate surface area is 88.5 Å². The minimum atomic E-state index is -0.0652. The van der Waals surface area contributed by atoms with Crippen molar-refractivity contribution in [3.05, 3.63) is 0 Å². The van der Waals surface area contributed by atoms with Gasteiger partial charge in [0.05, 0.1) is 18.6 Å². The molecule has 2 saturated heterocycles. The van der Waals surface area contributed by atoms with Crippen molar-refractivity contribution in [2.75, 3.05) is 25.2 Å². The van der Waals surface area contributed by atoms with Crippen LogP contribution in [0.2, 0.25) is 0 Å². The topological polar surface area (TPSA) is 35.5 Å². The molecule has 2 rings (SSSR count). The fourth-order valence-corrected chi connectivity index (χ4v) is 3.64. The lowest BCUT2D eigenvalue weighted by Crippen LogP contribution is -2.42. The van der Waals surface area contributed by atoms with Gasteiger partial charge in [-0.2, -0.15) is 11.8 Å². The summed E-state index contributed by atoms with van der Waals surface area (Å²) in [7, 11) is 1.47. The van der Waals surface area contributed by atoms with Crippen molar-refractivity contribution < 1.29 is 14.3 Å². The zero-order valence-electron chi connectivity index (χ0n) is 8.45. The van der Waals surface area contributed by atoms with Gasteiger partial charge in [0.15, 0.2) is 0 Å². The fourth-order valence-electron chi connectivity index (χ4n) is 2.26. The van der Waals surface area contributed by atoms with Gasteiger partial charge in [0.25, 0.3) is 0 Å². The van der Waals surface area contributed by atoms with E-state index in [9.17, 15) is 4.79 Å². The Morgan fingerprint density at radius 3 is 3.14 bits per heavy atom. The number of methoxy groups -OCH3 is 1. The van der Waals surface area contributed by atoms with Crippen LogP contribution in [0, 0.1) is 5.92 Å². The molecule has 0 aromatic rings. The molecular formula is C10H16O3S. The zero-order chi connectivity index (χ0) is 10.0. The lowest BCUT2D eigenvalue weighted by Gasteiger charge is -2.36. The molecule has 0 aromatic carbocycles. The molecule has 3 nitrogen and oxygen atoms in total. The van der Waals surface area contributed by atoms with Crippen LogP contribution < -0.4 is 0 Å². The number of rotatable bonds is 1. The molecular weight excluding hydrogens is 200 g/mol. The summed E-state index contributed by atoms with van der Waals surface area (Å²) in [6.45, 7) is 0.709. The summed E-state index contributed by atoms with van der Waals surface area (Å²) in [6, 6.07) is 0. The Balaban J connectivity index is 1.99. The lowest BCUT2D eigenvalue weighted by atomic mass is 9.85. The maximum Gasteiger partial charge on any atom is 0.308 e. The van der Waals surface area contributed by atoms with Crippen LogP contribution in [-0.4, -0.2) is 36.8 Å². The van der Waals surface area contributed by atoms with E-state index in [4.69, 9.17) is 9.47 Å². The van der Waals surface area contributed by atoms with Gasteiger partial charge in [0, 0.05) is 12.4 Å². The van der Waals surface area contributed by atoms with E-state index in [0.717, 1.165) is 30.8 Å². The summed E-state index contributed by atoms with van der Waals surface area (Å²) in [5.41, 5.74) is -0.0121. The summed E-state index contributed by atoms with van der Waals surface area (Å²) in [4.78, 5) is 11.4. The second-order valence-corrected chi connectivity index (χ2v) is 5.15. The molecule has 0 N–H and O–H groups in total. The third-order valence-corrected chi connectivity index (χ3v) is 4.32. The molecule has 0 aromatic heterocycles. The van der Waals surface area contributed by atoms with E-state index < -0.39 is 0 Å². The maximum atomic E-state index is 11.4. The molecule has 2 fully saturated rings. The van der Waals surface area contributed by atoms with E-state index >= 15 is 0 Å². The van der Waals surface area contributed by atoms with Crippen LogP contribution >= 0.6 is 11.8 Å². The van der Waals surface area contributed by atoms with Crippen LogP contribution in [0.3, 0.4) is 0 Å². The Hall–Kier alpha value is -0.220. The van der Waals surface area contributed by atoms with Gasteiger partial charge in [-0.1, -0.05) is 0 Å². The van der Waals surface area contributed by atoms with Crippen molar-refractivity contribution in [2.24, 2.45) is 5.92 Å². The molecule has 4 heteroatoms. The van der Waals surface area contributed by atoms with E-state index in [1.54, 1.807) is 0 Å². The van der Waals surface area contributed by atoms with E-state index in [1.165, 1.54) is 7.11 Å². The third-order valence-electron chi connectivity index (χ3n) is 3.09. The second kappa shape index (κ2) is 4.11. The smallest absolute Gasteiger partial charge is 0.308 e. The van der Waals surface area contributed by atoms with Gasteiger partial charge < -0.3 is 9.47 Å². The maximum absolute atomic E-state index is 11.4. The number of hydrogen-bond acceptors (Lipinski definition) is 4. The second-order valence-electron chi connectivity index (χ2n) is 4.05. The van der Waals surface area contributed by atoms with Crippen LogP contribution in [0.1, 0.15) is 19.3 Å². The van der Waals surface area contributed by atoms with Crippen molar-refractivity contribution >= 4 is 17.7 Å². The molecule has 14 heavy (non-hydrogen) atoms. The summed E-state index contributed by atoms with van der Waals surface area (Å²) >= 11 is 1.92. The average Bonchev–Trinajstić information content (AvgIpc) is 2.65. The van der Waals surface area contributed by atoms with Crippen molar-refractivity contribution in [3.63, 3.8) is 0 Å². The van der Waals surface area contributed by atoms with Gasteiger partial charge in [-0.3, -0.25) is 4.79 Å². The van der Waals surface area contributed by atoms with Crippen molar-refractivity contribution in [1.82, 2.24) is 0 Å². The highest BCUT2D eigenvalue weighted by atomic mass is 32.2. The summed E-state index contributed by atoms with van der Waals surface area (Å²) < 4.78 is 10.6. The average molecular weight is 216 g/mol. The predicted molar refractivity (Wildman–Crippen MR) is 55.4 cm³/mol. The largest absolute Gasteiger partial charge is 0.469 e. The Morgan fingerprint density at radius 2 is 2.50 bits per heavy atom. The van der Waals surface area contributed by atoms with Gasteiger partial charge in [0.2, 0.25) is 0 Å². The highest BCUT2D eigenvalue weighted by Gasteiger charge is 2.42. The Kier molecular flexibility index (Phi) is 3.02. The van der Waals surface area contributed by atoms with Gasteiger partial charge in [-0.05, 0) is 25.0 Å². The van der Waals surface area contributed by atoms with Crippen LogP contribution in [-0.2, 0) is 14.3 Å². The summed E-state index contributed by atoms with van der Waals surface area (Å²) in [5.74, 6) is 2.20. The monoisotopic (exact) mass is 216 g/mol. The van der Waals surface area contributed by atoms with Crippen molar-refractivity contribution in [2.45, 2.75) is 24.9 Å². The van der Waals surface area contributed by atoms with Gasteiger partial charge in [-0.15, -0.1) is 0 Å². The van der Waals surface area contributed by atoms with Crippen LogP contribution in [0.25, 0.3) is 0 Å². The SMILES string of the molecule is COC(=O)C1CCOC2(CCSC2)C1. The fraction of sp³-hybridized carbons (Fsp3) is 0.900. The van der Waals surface area contributed by atoms with E-state index in [1.807, 2.05) is 11.8 Å². The van der Waals surface area contributed by atoms with Crippen LogP contribution in [0.4, 0.5) is 0 Å². The summed E-state index contributed by atoms with van der Waals surface area (Å²) in [5, 5.41) is 0. The first-order valence-electron chi connectivity index (χ1n) is 5.05. The molecule has 0 amide bonds. The molecule has 2 unspecified atom stereocenters. The molecule has 80 valence electrons. The van der Waals surface area contributed by atoms with Crippen LogP contribution in [0.5, 0.6) is 0 Å². The van der Waals surface area contributed by atoms with Crippen molar-refractivity contribution in [3.8, 4) is 0 Å². The number of ether oxygens (including phenoxy) is 2. The number of esters is 1. The normalized spacial score (nSPS) is 37.4. The van der Waals surface area contributed by atoms with E-state index in [2.05, 4.69) is 0 Å². The molecule has 2 heterocycles. The Bertz CT molecular complexity index is 223. The standard InChI is InChI=1S/C10H16O3S/c1-12-9(11)8-2-4-13-10(6-8)3-5-14-7-10/h8H,2-7H2,1H3. The van der Waals surface area contributed by atoms with Gasteiger partial charge in [0.1, 0.15) is 0 Å². The van der Waals surface area contributed by atoms with Crippen molar-refractivity contribution in [1.29, 1.82) is 0 Å². The number of carbonyl (C=O) groups excluding carboxylic acids is 1. The molecule has 2 atom stereocenters. The summed E-state index contributed by atoms with van der Waals surface area (Å²) in [6.07, 6.45) is 2.76. The molecule has 0 saturated carbocycles. The van der Waals surface area contributed by atoms with Gasteiger partial charge in [-0.25, -0.2) is 0 Å². The van der Waals surface area contributed by atoms with E-state index in [-0.39, 0.29) is 17.5 Å². The lowest BCUT2D eigenvalue weighted by molar-refractivity contribution is -0.155. The minimum absolute atomic E-state index is 0.0121. The first-order chi connectivity index (χ1) is 6.76. The first-order valence-corrected chi connectivity index (χ1v) is 6.21. The van der Waals surface area contributed by atoms with E-state index in [0.29, 0.717) is 6.61 Å². The number of carbonyl (C=O) groups is 1. The number of thioether (sulfide) groups is 1. The quantitative estimate of drug-likeness (QED) is 0.622. The minimum Gasteiger partial charge on any atom is -0.469 e. The number of hydrogen-bond donors (Lipinski definition) is 0. The molecule has 0 radical (unpaired) electrons. The zero-order valence-corrected chi connectivity index (χ0v) is 9.27. The third kappa shape index (κ3) is 1.91. The highest BCUT2D eigenvalue weighted by molar-refractivity contribution is 7.99. The predicted octanol–water partition coefficient (Wildman–Crippen LogP) is 1.46. The van der Waals surface area contributed by atoms with Gasteiger partial charge >= 0.3 is 5.97 Å². The molecule has 0 bridgehead atoms. The first kappa shape index (κ1) is 10.3. The molecule has 2 aliphatic heterocycles. The molecule has 1 spiro atoms.